The van der Waals surface area contributed by atoms with Gasteiger partial charge in [-0.25, -0.2) is 0 Å². The van der Waals surface area contributed by atoms with Crippen LogP contribution in [-0.4, -0.2) is 13.4 Å². The van der Waals surface area contributed by atoms with E-state index in [1.54, 1.807) is 36.7 Å². The summed E-state index contributed by atoms with van der Waals surface area (Å²) in [5.41, 5.74) is 0.748. The second kappa shape index (κ2) is 5.77. The first kappa shape index (κ1) is 13.4. The predicted octanol–water partition coefficient (Wildman–Crippen LogP) is 2.59. The summed E-state index contributed by atoms with van der Waals surface area (Å²) in [7, 11) is -3.71. The zero-order valence-corrected chi connectivity index (χ0v) is 12.3. The molecule has 0 N–H and O–H groups in total. The Morgan fingerprint density at radius 1 is 1.17 bits per heavy atom. The molecular weight excluding hydrogens is 365 g/mol. The first-order valence-corrected chi connectivity index (χ1v) is 7.61. The van der Waals surface area contributed by atoms with Crippen molar-refractivity contribution in [2.45, 2.75) is 11.5 Å². The Bertz CT molecular complexity index is 629. The Kier molecular flexibility index (Phi) is 4.31. The Morgan fingerprint density at radius 2 is 1.89 bits per heavy atom. The molecule has 0 aliphatic rings. The molecule has 18 heavy (non-hydrogen) atoms. The SMILES string of the molecule is O=S(=O)(OCc1cnccc1I)c1ccccc1. The van der Waals surface area contributed by atoms with Gasteiger partial charge in [0.05, 0.1) is 11.5 Å². The molecule has 0 radical (unpaired) electrons. The lowest BCUT2D eigenvalue weighted by Gasteiger charge is -2.06. The van der Waals surface area contributed by atoms with Crippen LogP contribution in [0.5, 0.6) is 0 Å². The van der Waals surface area contributed by atoms with Gasteiger partial charge in [-0.2, -0.15) is 8.42 Å². The van der Waals surface area contributed by atoms with Gasteiger partial charge in [-0.3, -0.25) is 9.17 Å². The molecular formula is C12H10INO3S. The van der Waals surface area contributed by atoms with E-state index >= 15 is 0 Å². The van der Waals surface area contributed by atoms with Gasteiger partial charge >= 0.3 is 0 Å². The fourth-order valence-electron chi connectivity index (χ4n) is 1.31. The quantitative estimate of drug-likeness (QED) is 0.609. The predicted molar refractivity (Wildman–Crippen MR) is 75.4 cm³/mol. The third-order valence-electron chi connectivity index (χ3n) is 2.25. The molecule has 1 aromatic carbocycles. The largest absolute Gasteiger partial charge is 0.297 e. The topological polar surface area (TPSA) is 56.3 Å². The van der Waals surface area contributed by atoms with E-state index in [2.05, 4.69) is 27.6 Å². The van der Waals surface area contributed by atoms with Crippen LogP contribution in [0.4, 0.5) is 0 Å². The van der Waals surface area contributed by atoms with Crippen molar-refractivity contribution in [1.82, 2.24) is 4.98 Å². The van der Waals surface area contributed by atoms with Gasteiger partial charge in [0, 0.05) is 21.5 Å². The standard InChI is InChI=1S/C12H10INO3S/c13-12-6-7-14-8-10(12)9-17-18(15,16)11-4-2-1-3-5-11/h1-8H,9H2. The van der Waals surface area contributed by atoms with Crippen LogP contribution in [0, 0.1) is 3.57 Å². The Balaban J connectivity index is 2.14. The van der Waals surface area contributed by atoms with E-state index in [1.807, 2.05) is 0 Å². The number of pyridine rings is 1. The number of halogens is 1. The van der Waals surface area contributed by atoms with Crippen molar-refractivity contribution in [2.75, 3.05) is 0 Å². The summed E-state index contributed by atoms with van der Waals surface area (Å²) in [6, 6.07) is 9.87. The van der Waals surface area contributed by atoms with Crippen LogP contribution in [0.2, 0.25) is 0 Å². The maximum atomic E-state index is 11.9. The maximum Gasteiger partial charge on any atom is 0.297 e. The van der Waals surface area contributed by atoms with Crippen LogP contribution in [0.25, 0.3) is 0 Å². The monoisotopic (exact) mass is 375 g/mol. The average Bonchev–Trinajstić information content (AvgIpc) is 2.39. The van der Waals surface area contributed by atoms with Gasteiger partial charge in [0.15, 0.2) is 0 Å². The maximum absolute atomic E-state index is 11.9. The highest BCUT2D eigenvalue weighted by atomic mass is 127. The Labute approximate surface area is 119 Å². The number of benzene rings is 1. The minimum absolute atomic E-state index is 0.0106. The summed E-state index contributed by atoms with van der Waals surface area (Å²) in [5.74, 6) is 0. The summed E-state index contributed by atoms with van der Waals surface area (Å²) < 4.78 is 29.7. The van der Waals surface area contributed by atoms with Crippen LogP contribution in [0.15, 0.2) is 53.7 Å². The highest BCUT2D eigenvalue weighted by Crippen LogP contribution is 2.16. The average molecular weight is 375 g/mol. The lowest BCUT2D eigenvalue weighted by molar-refractivity contribution is 0.307. The number of rotatable bonds is 4. The highest BCUT2D eigenvalue weighted by Gasteiger charge is 2.15. The Hall–Kier alpha value is -0.990. The summed E-state index contributed by atoms with van der Waals surface area (Å²) in [6.07, 6.45) is 3.25. The fourth-order valence-corrected chi connectivity index (χ4v) is 2.68. The van der Waals surface area contributed by atoms with E-state index in [1.165, 1.54) is 12.1 Å². The van der Waals surface area contributed by atoms with Gasteiger partial charge in [-0.05, 0) is 40.8 Å². The first-order valence-electron chi connectivity index (χ1n) is 5.12. The summed E-state index contributed by atoms with van der Waals surface area (Å²) >= 11 is 2.11. The molecule has 1 heterocycles. The minimum atomic E-state index is -3.71. The molecule has 0 saturated heterocycles. The number of hydrogen-bond acceptors (Lipinski definition) is 4. The molecule has 0 aliphatic carbocycles. The van der Waals surface area contributed by atoms with Crippen LogP contribution in [0.3, 0.4) is 0 Å². The molecule has 2 rings (SSSR count). The summed E-state index contributed by atoms with van der Waals surface area (Å²) in [4.78, 5) is 4.10. The minimum Gasteiger partial charge on any atom is -0.264 e. The van der Waals surface area contributed by atoms with Crippen LogP contribution in [0.1, 0.15) is 5.56 Å². The second-order valence-corrected chi connectivity index (χ2v) is 6.27. The van der Waals surface area contributed by atoms with Gasteiger partial charge in [-0.15, -0.1) is 0 Å². The van der Waals surface area contributed by atoms with Crippen LogP contribution < -0.4 is 0 Å². The molecule has 94 valence electrons. The van der Waals surface area contributed by atoms with Crippen molar-refractivity contribution in [3.8, 4) is 0 Å². The molecule has 0 spiro atoms. The lowest BCUT2D eigenvalue weighted by atomic mass is 10.3. The fraction of sp³-hybridized carbons (Fsp3) is 0.0833. The normalized spacial score (nSPS) is 11.4. The third kappa shape index (κ3) is 3.27. The lowest BCUT2D eigenvalue weighted by Crippen LogP contribution is -2.07. The van der Waals surface area contributed by atoms with Gasteiger partial charge in [0.25, 0.3) is 10.1 Å². The van der Waals surface area contributed by atoms with Gasteiger partial charge in [0.1, 0.15) is 0 Å². The van der Waals surface area contributed by atoms with Crippen molar-refractivity contribution in [3.63, 3.8) is 0 Å². The van der Waals surface area contributed by atoms with Crippen molar-refractivity contribution in [1.29, 1.82) is 0 Å². The van der Waals surface area contributed by atoms with E-state index < -0.39 is 10.1 Å². The summed E-state index contributed by atoms with van der Waals surface area (Å²) in [5, 5.41) is 0. The molecule has 1 aromatic heterocycles. The van der Waals surface area contributed by atoms with Gasteiger partial charge < -0.3 is 0 Å². The zero-order chi connectivity index (χ0) is 13.0. The smallest absolute Gasteiger partial charge is 0.264 e. The Morgan fingerprint density at radius 3 is 2.56 bits per heavy atom. The molecule has 0 saturated carbocycles. The van der Waals surface area contributed by atoms with Crippen molar-refractivity contribution >= 4 is 32.7 Å². The highest BCUT2D eigenvalue weighted by molar-refractivity contribution is 14.1. The van der Waals surface area contributed by atoms with Crippen LogP contribution in [-0.2, 0) is 20.9 Å². The number of aromatic nitrogens is 1. The van der Waals surface area contributed by atoms with E-state index in [0.717, 1.165) is 9.13 Å². The molecule has 0 aliphatic heterocycles. The zero-order valence-electron chi connectivity index (χ0n) is 9.28. The van der Waals surface area contributed by atoms with E-state index in [4.69, 9.17) is 4.18 Å². The second-order valence-electron chi connectivity index (χ2n) is 3.50. The molecule has 0 fully saturated rings. The van der Waals surface area contributed by atoms with Crippen molar-refractivity contribution < 1.29 is 12.6 Å². The number of hydrogen-bond donors (Lipinski definition) is 0. The molecule has 2 aromatic rings. The van der Waals surface area contributed by atoms with Crippen molar-refractivity contribution in [2.24, 2.45) is 0 Å². The summed E-state index contributed by atoms with van der Waals surface area (Å²) in [6.45, 7) is -0.0106. The molecule has 6 heteroatoms. The van der Waals surface area contributed by atoms with Crippen molar-refractivity contribution in [3.05, 3.63) is 57.9 Å². The van der Waals surface area contributed by atoms with Crippen LogP contribution >= 0.6 is 22.6 Å². The third-order valence-corrected chi connectivity index (χ3v) is 4.58. The number of nitrogens with zero attached hydrogens (tertiary/aromatic N) is 1. The molecule has 4 nitrogen and oxygen atoms in total. The van der Waals surface area contributed by atoms with E-state index in [-0.39, 0.29) is 11.5 Å². The first-order chi connectivity index (χ1) is 8.59. The van der Waals surface area contributed by atoms with E-state index in [9.17, 15) is 8.42 Å². The molecule has 0 atom stereocenters. The van der Waals surface area contributed by atoms with Gasteiger partial charge in [0.2, 0.25) is 0 Å². The van der Waals surface area contributed by atoms with E-state index in [0.29, 0.717) is 0 Å². The molecule has 0 amide bonds. The van der Waals surface area contributed by atoms with Gasteiger partial charge in [-0.1, -0.05) is 18.2 Å². The molecule has 0 unspecified atom stereocenters. The molecule has 0 bridgehead atoms.